The number of nitrogen functional groups attached to an aromatic ring is 1. The molecule has 1 aromatic carbocycles. The minimum Gasteiger partial charge on any atom is -0.398 e. The van der Waals surface area contributed by atoms with E-state index in [9.17, 15) is 4.39 Å². The van der Waals surface area contributed by atoms with Crippen molar-refractivity contribution in [3.05, 3.63) is 29.8 Å². The second-order valence-corrected chi connectivity index (χ2v) is 4.80. The summed E-state index contributed by atoms with van der Waals surface area (Å²) < 4.78 is 14.9. The van der Waals surface area contributed by atoms with E-state index in [0.29, 0.717) is 23.0 Å². The molecule has 0 aliphatic carbocycles. The lowest BCUT2D eigenvalue weighted by Gasteiger charge is -2.04. The normalized spacial score (nSPS) is 11.2. The Labute approximate surface area is 106 Å². The molecular weight excluding hydrogens is 231 g/mol. The van der Waals surface area contributed by atoms with Gasteiger partial charge in [0.1, 0.15) is 5.82 Å². The second kappa shape index (κ2) is 4.76. The van der Waals surface area contributed by atoms with Gasteiger partial charge in [0.25, 0.3) is 0 Å². The van der Waals surface area contributed by atoms with Crippen LogP contribution in [-0.2, 0) is 13.5 Å². The number of rotatable bonds is 3. The zero-order chi connectivity index (χ0) is 13.3. The van der Waals surface area contributed by atoms with E-state index in [1.54, 1.807) is 17.8 Å². The van der Waals surface area contributed by atoms with Crippen molar-refractivity contribution in [3.63, 3.8) is 0 Å². The van der Waals surface area contributed by atoms with Gasteiger partial charge < -0.3 is 5.73 Å². The predicted molar refractivity (Wildman–Crippen MR) is 69.4 cm³/mol. The van der Waals surface area contributed by atoms with E-state index < -0.39 is 0 Å². The van der Waals surface area contributed by atoms with Crippen LogP contribution in [0, 0.1) is 11.7 Å². The Balaban J connectivity index is 2.44. The van der Waals surface area contributed by atoms with Crippen LogP contribution in [0.4, 0.5) is 10.1 Å². The lowest BCUT2D eigenvalue weighted by Crippen LogP contribution is -1.99. The molecule has 2 rings (SSSR count). The highest BCUT2D eigenvalue weighted by atomic mass is 19.1. The summed E-state index contributed by atoms with van der Waals surface area (Å²) in [6.07, 6.45) is 0.795. The van der Waals surface area contributed by atoms with E-state index in [2.05, 4.69) is 23.9 Å². The molecule has 0 amide bonds. The number of nitrogens with two attached hydrogens (primary N) is 1. The largest absolute Gasteiger partial charge is 0.398 e. The molecule has 0 atom stereocenters. The van der Waals surface area contributed by atoms with Crippen molar-refractivity contribution in [2.24, 2.45) is 13.0 Å². The predicted octanol–water partition coefficient (Wildman–Crippen LogP) is 2.40. The first-order valence-electron chi connectivity index (χ1n) is 5.92. The Hall–Kier alpha value is -1.91. The molecule has 4 nitrogen and oxygen atoms in total. The first kappa shape index (κ1) is 12.5. The van der Waals surface area contributed by atoms with Gasteiger partial charge in [0.2, 0.25) is 0 Å². The van der Waals surface area contributed by atoms with E-state index in [4.69, 9.17) is 5.73 Å². The molecule has 0 radical (unpaired) electrons. The zero-order valence-corrected chi connectivity index (χ0v) is 10.8. The van der Waals surface area contributed by atoms with Crippen LogP contribution < -0.4 is 5.73 Å². The highest BCUT2D eigenvalue weighted by molar-refractivity contribution is 5.71. The molecular formula is C13H17FN4. The zero-order valence-electron chi connectivity index (χ0n) is 10.8. The number of aromatic nitrogens is 3. The molecule has 96 valence electrons. The average molecular weight is 248 g/mol. The Morgan fingerprint density at radius 1 is 1.39 bits per heavy atom. The van der Waals surface area contributed by atoms with Crippen LogP contribution in [0.5, 0.6) is 0 Å². The topological polar surface area (TPSA) is 56.7 Å². The summed E-state index contributed by atoms with van der Waals surface area (Å²) in [5, 5.41) is 4.33. The monoisotopic (exact) mass is 248 g/mol. The minimum atomic E-state index is -0.326. The van der Waals surface area contributed by atoms with Gasteiger partial charge in [-0.05, 0) is 24.1 Å². The molecule has 2 aromatic rings. The smallest absolute Gasteiger partial charge is 0.160 e. The molecule has 1 heterocycles. The quantitative estimate of drug-likeness (QED) is 0.848. The number of hydrogen-bond acceptors (Lipinski definition) is 3. The van der Waals surface area contributed by atoms with Gasteiger partial charge in [0.15, 0.2) is 11.6 Å². The van der Waals surface area contributed by atoms with Crippen LogP contribution in [0.15, 0.2) is 18.2 Å². The lowest BCUT2D eigenvalue weighted by molar-refractivity contribution is 0.613. The van der Waals surface area contributed by atoms with Gasteiger partial charge in [-0.2, -0.15) is 5.10 Å². The van der Waals surface area contributed by atoms with Crippen molar-refractivity contribution in [2.45, 2.75) is 20.3 Å². The van der Waals surface area contributed by atoms with E-state index >= 15 is 0 Å². The molecule has 0 bridgehead atoms. The van der Waals surface area contributed by atoms with Crippen molar-refractivity contribution >= 4 is 5.69 Å². The summed E-state index contributed by atoms with van der Waals surface area (Å²) in [5.41, 5.74) is 6.94. The first-order valence-corrected chi connectivity index (χ1v) is 5.92. The molecule has 18 heavy (non-hydrogen) atoms. The van der Waals surface area contributed by atoms with E-state index in [1.165, 1.54) is 12.1 Å². The summed E-state index contributed by atoms with van der Waals surface area (Å²) in [7, 11) is 1.79. The van der Waals surface area contributed by atoms with E-state index in [1.807, 2.05) is 0 Å². The van der Waals surface area contributed by atoms with Crippen molar-refractivity contribution in [2.75, 3.05) is 5.73 Å². The van der Waals surface area contributed by atoms with Crippen LogP contribution in [0.25, 0.3) is 11.4 Å². The van der Waals surface area contributed by atoms with Crippen molar-refractivity contribution in [1.82, 2.24) is 14.8 Å². The van der Waals surface area contributed by atoms with Gasteiger partial charge in [-0.3, -0.25) is 0 Å². The number of hydrogen-bond donors (Lipinski definition) is 1. The van der Waals surface area contributed by atoms with Gasteiger partial charge in [0.05, 0.1) is 0 Å². The van der Waals surface area contributed by atoms with Gasteiger partial charge in [-0.15, -0.1) is 0 Å². The maximum Gasteiger partial charge on any atom is 0.160 e. The molecule has 0 saturated heterocycles. The fourth-order valence-corrected chi connectivity index (χ4v) is 1.85. The SMILES string of the molecule is CC(C)Cc1nc(-c2cc(F)ccc2N)n(C)n1. The Morgan fingerprint density at radius 3 is 2.78 bits per heavy atom. The Morgan fingerprint density at radius 2 is 2.11 bits per heavy atom. The molecule has 1 aromatic heterocycles. The molecule has 0 spiro atoms. The first-order chi connectivity index (χ1) is 8.47. The van der Waals surface area contributed by atoms with Crippen molar-refractivity contribution < 1.29 is 4.39 Å². The summed E-state index contributed by atoms with van der Waals surface area (Å²) in [4.78, 5) is 4.43. The van der Waals surface area contributed by atoms with Crippen LogP contribution in [0.2, 0.25) is 0 Å². The van der Waals surface area contributed by atoms with Crippen LogP contribution in [-0.4, -0.2) is 14.8 Å². The third kappa shape index (κ3) is 2.50. The van der Waals surface area contributed by atoms with Crippen LogP contribution in [0.3, 0.4) is 0 Å². The van der Waals surface area contributed by atoms with Crippen molar-refractivity contribution in [1.29, 1.82) is 0 Å². The molecule has 0 unspecified atom stereocenters. The molecule has 0 saturated carbocycles. The Kier molecular flexibility index (Phi) is 3.32. The van der Waals surface area contributed by atoms with Crippen molar-refractivity contribution in [3.8, 4) is 11.4 Å². The maximum absolute atomic E-state index is 13.3. The van der Waals surface area contributed by atoms with E-state index in [0.717, 1.165) is 12.2 Å². The summed E-state index contributed by atoms with van der Waals surface area (Å²) in [6.45, 7) is 4.21. The summed E-state index contributed by atoms with van der Waals surface area (Å²) >= 11 is 0. The highest BCUT2D eigenvalue weighted by Crippen LogP contribution is 2.25. The molecule has 0 fully saturated rings. The summed E-state index contributed by atoms with van der Waals surface area (Å²) in [5.74, 6) is 1.51. The lowest BCUT2D eigenvalue weighted by atomic mass is 10.1. The number of halogens is 1. The minimum absolute atomic E-state index is 0.326. The number of nitrogens with zero attached hydrogens (tertiary/aromatic N) is 3. The fourth-order valence-electron chi connectivity index (χ4n) is 1.85. The summed E-state index contributed by atoms with van der Waals surface area (Å²) in [6, 6.07) is 4.27. The number of aryl methyl sites for hydroxylation is 1. The van der Waals surface area contributed by atoms with Crippen LogP contribution in [0.1, 0.15) is 19.7 Å². The van der Waals surface area contributed by atoms with Crippen LogP contribution >= 0.6 is 0 Å². The third-order valence-corrected chi connectivity index (χ3v) is 2.65. The average Bonchev–Trinajstić information content (AvgIpc) is 2.62. The molecule has 2 N–H and O–H groups in total. The number of anilines is 1. The molecule has 5 heteroatoms. The standard InChI is InChI=1S/C13H17FN4/c1-8(2)6-12-16-13(18(3)17-12)10-7-9(14)4-5-11(10)15/h4-5,7-8H,6,15H2,1-3H3. The third-order valence-electron chi connectivity index (χ3n) is 2.65. The van der Waals surface area contributed by atoms with Gasteiger partial charge in [-0.25, -0.2) is 14.1 Å². The number of benzene rings is 1. The second-order valence-electron chi connectivity index (χ2n) is 4.80. The fraction of sp³-hybridized carbons (Fsp3) is 0.385. The molecule has 0 aliphatic heterocycles. The van der Waals surface area contributed by atoms with Gasteiger partial charge in [0, 0.05) is 24.7 Å². The van der Waals surface area contributed by atoms with Gasteiger partial charge >= 0.3 is 0 Å². The molecule has 0 aliphatic rings. The Bertz CT molecular complexity index is 560. The van der Waals surface area contributed by atoms with E-state index in [-0.39, 0.29) is 5.82 Å². The highest BCUT2D eigenvalue weighted by Gasteiger charge is 2.13. The van der Waals surface area contributed by atoms with Gasteiger partial charge in [-0.1, -0.05) is 13.8 Å². The maximum atomic E-state index is 13.3.